The van der Waals surface area contributed by atoms with E-state index in [1.807, 2.05) is 19.1 Å². The number of fused-ring (bicyclic) bond motifs is 3. The molecule has 8 heteroatoms. The van der Waals surface area contributed by atoms with E-state index in [2.05, 4.69) is 4.18 Å². The third kappa shape index (κ3) is 2.25. The summed E-state index contributed by atoms with van der Waals surface area (Å²) in [5.41, 5.74) is -5.15. The lowest BCUT2D eigenvalue weighted by Gasteiger charge is -2.29. The molecule has 2 aliphatic carbocycles. The number of halogens is 3. The molecule has 1 saturated carbocycles. The van der Waals surface area contributed by atoms with Crippen molar-refractivity contribution in [3.05, 3.63) is 23.5 Å². The predicted octanol–water partition coefficient (Wildman–Crippen LogP) is 3.66. The molecule has 5 unspecified atom stereocenters. The molecular weight excluding hydrogens is 345 g/mol. The van der Waals surface area contributed by atoms with E-state index in [1.165, 1.54) is 0 Å². The first-order valence-corrected chi connectivity index (χ1v) is 9.65. The Kier molecular flexibility index (Phi) is 3.43. The lowest BCUT2D eigenvalue weighted by molar-refractivity contribution is -0.0527. The van der Waals surface area contributed by atoms with Gasteiger partial charge in [0.05, 0.1) is 5.60 Å². The minimum absolute atomic E-state index is 0.0170. The highest BCUT2D eigenvalue weighted by Gasteiger charge is 2.55. The van der Waals surface area contributed by atoms with E-state index in [0.717, 1.165) is 25.7 Å². The highest BCUT2D eigenvalue weighted by atomic mass is 32.2. The summed E-state index contributed by atoms with van der Waals surface area (Å²) in [6.07, 6.45) is 7.45. The van der Waals surface area contributed by atoms with Crippen LogP contribution in [-0.2, 0) is 19.0 Å². The van der Waals surface area contributed by atoms with Gasteiger partial charge in [-0.2, -0.15) is 21.6 Å². The first kappa shape index (κ1) is 16.4. The standard InChI is InChI=1S/C16H19F3O4S/c1-9-7-13(23-24(20,21)16(17,18)19)14-11(9)8-10-3-2-5-15(10)6-4-12(14)22-15/h4,6,9-12H,2-3,5,7-8H2,1H3. The average molecular weight is 364 g/mol. The first-order valence-electron chi connectivity index (χ1n) is 8.24. The van der Waals surface area contributed by atoms with Gasteiger partial charge in [0.2, 0.25) is 0 Å². The molecule has 2 aliphatic heterocycles. The van der Waals surface area contributed by atoms with Crippen LogP contribution in [-0.4, -0.2) is 25.6 Å². The molecule has 0 aromatic rings. The van der Waals surface area contributed by atoms with Crippen LogP contribution in [0.2, 0.25) is 0 Å². The quantitative estimate of drug-likeness (QED) is 0.426. The summed E-state index contributed by atoms with van der Waals surface area (Å²) in [4.78, 5) is 0. The molecule has 2 fully saturated rings. The maximum absolute atomic E-state index is 12.7. The van der Waals surface area contributed by atoms with Crippen molar-refractivity contribution in [1.82, 2.24) is 0 Å². The van der Waals surface area contributed by atoms with Gasteiger partial charge in [-0.3, -0.25) is 0 Å². The maximum Gasteiger partial charge on any atom is 0.534 e. The van der Waals surface area contributed by atoms with Gasteiger partial charge in [-0.25, -0.2) is 0 Å². The molecule has 4 nitrogen and oxygen atoms in total. The normalized spacial score (nSPS) is 41.3. The molecule has 1 saturated heterocycles. The topological polar surface area (TPSA) is 52.6 Å². The van der Waals surface area contributed by atoms with Crippen molar-refractivity contribution in [2.24, 2.45) is 17.8 Å². The predicted molar refractivity (Wildman–Crippen MR) is 79.1 cm³/mol. The Labute approximate surface area is 138 Å². The lowest BCUT2D eigenvalue weighted by atomic mass is 9.77. The third-order valence-electron chi connectivity index (χ3n) is 5.97. The van der Waals surface area contributed by atoms with Gasteiger partial charge in [0, 0.05) is 12.0 Å². The van der Waals surface area contributed by atoms with E-state index < -0.39 is 21.7 Å². The smallest absolute Gasteiger partial charge is 0.380 e. The van der Waals surface area contributed by atoms with E-state index in [1.54, 1.807) is 0 Å². The van der Waals surface area contributed by atoms with Gasteiger partial charge in [0.15, 0.2) is 0 Å². The van der Waals surface area contributed by atoms with Crippen molar-refractivity contribution in [2.45, 2.75) is 56.2 Å². The summed E-state index contributed by atoms with van der Waals surface area (Å²) in [6, 6.07) is 0. The molecule has 0 aromatic carbocycles. The van der Waals surface area contributed by atoms with Crippen LogP contribution in [0.1, 0.15) is 39.0 Å². The van der Waals surface area contributed by atoms with E-state index in [-0.39, 0.29) is 29.6 Å². The van der Waals surface area contributed by atoms with E-state index in [4.69, 9.17) is 4.74 Å². The molecule has 2 heterocycles. The van der Waals surface area contributed by atoms with E-state index >= 15 is 0 Å². The molecule has 0 aromatic heterocycles. The number of hydrogen-bond donors (Lipinski definition) is 0. The lowest BCUT2D eigenvalue weighted by Crippen LogP contribution is -2.32. The number of rotatable bonds is 2. The monoisotopic (exact) mass is 364 g/mol. The first-order chi connectivity index (χ1) is 11.1. The average Bonchev–Trinajstić information content (AvgIpc) is 3.08. The molecule has 24 heavy (non-hydrogen) atoms. The van der Waals surface area contributed by atoms with Crippen LogP contribution in [0.4, 0.5) is 13.2 Å². The van der Waals surface area contributed by atoms with Crippen molar-refractivity contribution in [3.63, 3.8) is 0 Å². The fourth-order valence-electron chi connectivity index (χ4n) is 4.86. The van der Waals surface area contributed by atoms with Crippen LogP contribution in [0.15, 0.2) is 23.5 Å². The van der Waals surface area contributed by atoms with Crippen molar-refractivity contribution < 1.29 is 30.5 Å². The van der Waals surface area contributed by atoms with Gasteiger partial charge in [-0.1, -0.05) is 19.1 Å². The van der Waals surface area contributed by atoms with Gasteiger partial charge in [-0.05, 0) is 43.4 Å². The number of hydrogen-bond acceptors (Lipinski definition) is 4. The van der Waals surface area contributed by atoms with Crippen molar-refractivity contribution >= 4 is 10.1 Å². The van der Waals surface area contributed by atoms with Crippen LogP contribution in [0.3, 0.4) is 0 Å². The van der Waals surface area contributed by atoms with Crippen LogP contribution in [0.25, 0.3) is 0 Å². The third-order valence-corrected chi connectivity index (χ3v) is 6.95. The summed E-state index contributed by atoms with van der Waals surface area (Å²) in [7, 11) is -5.64. The second-order valence-corrected chi connectivity index (χ2v) is 8.86. The molecule has 0 radical (unpaired) electrons. The van der Waals surface area contributed by atoms with Crippen molar-refractivity contribution in [1.29, 1.82) is 0 Å². The minimum Gasteiger partial charge on any atom is -0.380 e. The van der Waals surface area contributed by atoms with Gasteiger partial charge >= 0.3 is 15.6 Å². The highest BCUT2D eigenvalue weighted by molar-refractivity contribution is 7.87. The largest absolute Gasteiger partial charge is 0.534 e. The minimum atomic E-state index is -5.64. The summed E-state index contributed by atoms with van der Waals surface area (Å²) >= 11 is 0. The molecule has 0 amide bonds. The Bertz CT molecular complexity index is 724. The van der Waals surface area contributed by atoms with Crippen LogP contribution in [0.5, 0.6) is 0 Å². The molecule has 4 aliphatic rings. The zero-order chi connectivity index (χ0) is 17.3. The van der Waals surface area contributed by atoms with E-state index in [9.17, 15) is 21.6 Å². The SMILES string of the molecule is CC1CC(OS(=O)(=O)C(F)(F)F)=C2C3C=CC4(CCCC4CC21)O3. The zero-order valence-electron chi connectivity index (χ0n) is 13.2. The highest BCUT2D eigenvalue weighted by Crippen LogP contribution is 2.56. The Morgan fingerprint density at radius 3 is 2.83 bits per heavy atom. The summed E-state index contributed by atoms with van der Waals surface area (Å²) in [5.74, 6) is 0.328. The van der Waals surface area contributed by atoms with Crippen LogP contribution >= 0.6 is 0 Å². The summed E-state index contributed by atoms with van der Waals surface area (Å²) < 4.78 is 71.7. The Hall–Kier alpha value is -1.02. The second-order valence-electron chi connectivity index (χ2n) is 7.33. The molecule has 1 spiro atoms. The number of alkyl halides is 3. The number of ether oxygens (including phenoxy) is 1. The molecule has 4 rings (SSSR count). The van der Waals surface area contributed by atoms with Gasteiger partial charge in [-0.15, -0.1) is 0 Å². The van der Waals surface area contributed by atoms with Crippen LogP contribution < -0.4 is 0 Å². The molecular formula is C16H19F3O4S. The zero-order valence-corrected chi connectivity index (χ0v) is 14.0. The van der Waals surface area contributed by atoms with Crippen molar-refractivity contribution in [3.8, 4) is 0 Å². The van der Waals surface area contributed by atoms with E-state index in [0.29, 0.717) is 11.5 Å². The maximum atomic E-state index is 12.7. The van der Waals surface area contributed by atoms with Gasteiger partial charge < -0.3 is 8.92 Å². The Morgan fingerprint density at radius 1 is 1.38 bits per heavy atom. The fourth-order valence-corrected chi connectivity index (χ4v) is 5.38. The van der Waals surface area contributed by atoms with Crippen LogP contribution in [0, 0.1) is 17.8 Å². The Balaban J connectivity index is 1.73. The fraction of sp³-hybridized carbons (Fsp3) is 0.750. The number of allylic oxidation sites excluding steroid dienone is 1. The molecule has 0 N–H and O–H groups in total. The second kappa shape index (κ2) is 5.00. The summed E-state index contributed by atoms with van der Waals surface area (Å²) in [6.45, 7) is 1.94. The molecule has 134 valence electrons. The van der Waals surface area contributed by atoms with Gasteiger partial charge in [0.1, 0.15) is 11.9 Å². The van der Waals surface area contributed by atoms with Crippen molar-refractivity contribution in [2.75, 3.05) is 0 Å². The van der Waals surface area contributed by atoms with Gasteiger partial charge in [0.25, 0.3) is 0 Å². The molecule has 5 atom stereocenters. The Morgan fingerprint density at radius 2 is 2.12 bits per heavy atom. The molecule has 2 bridgehead atoms. The summed E-state index contributed by atoms with van der Waals surface area (Å²) in [5, 5.41) is 0.